The Morgan fingerprint density at radius 1 is 1.40 bits per heavy atom. The molecular weight excluding hydrogens is 322 g/mol. The summed E-state index contributed by atoms with van der Waals surface area (Å²) < 4.78 is 10.3. The van der Waals surface area contributed by atoms with Crippen molar-refractivity contribution in [3.8, 4) is 0 Å². The third-order valence-electron chi connectivity index (χ3n) is 4.33. The van der Waals surface area contributed by atoms with Gasteiger partial charge >= 0.3 is 5.97 Å². The van der Waals surface area contributed by atoms with Gasteiger partial charge in [-0.05, 0) is 51.7 Å². The second-order valence-corrected chi connectivity index (χ2v) is 6.20. The van der Waals surface area contributed by atoms with E-state index in [9.17, 15) is 9.90 Å². The number of ether oxygens (including phenoxy) is 1. The van der Waals surface area contributed by atoms with Crippen molar-refractivity contribution in [3.63, 3.8) is 0 Å². The lowest BCUT2D eigenvalue weighted by molar-refractivity contribution is -0.149. The van der Waals surface area contributed by atoms with Crippen LogP contribution < -0.4 is 10.6 Å². The summed E-state index contributed by atoms with van der Waals surface area (Å²) in [6.45, 7) is 5.23. The first-order valence-corrected chi connectivity index (χ1v) is 9.07. The van der Waals surface area contributed by atoms with Crippen LogP contribution in [-0.4, -0.2) is 42.8 Å². The maximum Gasteiger partial charge on any atom is 0.308 e. The van der Waals surface area contributed by atoms with Crippen molar-refractivity contribution in [1.29, 1.82) is 0 Å². The van der Waals surface area contributed by atoms with Crippen LogP contribution in [0.4, 0.5) is 0 Å². The fraction of sp³-hybridized carbons (Fsp3) is 0.667. The number of aliphatic hydroxyl groups excluding tert-OH is 1. The molecule has 7 heteroatoms. The molecule has 1 unspecified atom stereocenters. The topological polar surface area (TPSA) is 96.1 Å². The summed E-state index contributed by atoms with van der Waals surface area (Å²) in [6.07, 6.45) is 4.22. The summed E-state index contributed by atoms with van der Waals surface area (Å²) in [6, 6.07) is 3.74. The molecule has 7 nitrogen and oxygen atoms in total. The van der Waals surface area contributed by atoms with Crippen LogP contribution in [0.25, 0.3) is 0 Å². The Morgan fingerprint density at radius 3 is 2.76 bits per heavy atom. The van der Waals surface area contributed by atoms with E-state index in [1.54, 1.807) is 12.1 Å². The first-order chi connectivity index (χ1) is 12.1. The van der Waals surface area contributed by atoms with E-state index in [1.807, 2.05) is 13.8 Å². The van der Waals surface area contributed by atoms with Crippen molar-refractivity contribution in [2.24, 2.45) is 10.9 Å². The Labute approximate surface area is 148 Å². The number of aliphatic hydroxyl groups is 1. The highest BCUT2D eigenvalue weighted by Gasteiger charge is 2.27. The summed E-state index contributed by atoms with van der Waals surface area (Å²) in [5.74, 6) is 1.11. The summed E-state index contributed by atoms with van der Waals surface area (Å²) in [4.78, 5) is 16.2. The highest BCUT2D eigenvalue weighted by atomic mass is 16.5. The Kier molecular flexibility index (Phi) is 7.78. The zero-order valence-corrected chi connectivity index (χ0v) is 15.0. The van der Waals surface area contributed by atoms with E-state index in [0.717, 1.165) is 32.2 Å². The number of furan rings is 1. The summed E-state index contributed by atoms with van der Waals surface area (Å²) in [5, 5.41) is 16.7. The number of nitrogens with zero attached hydrogens (tertiary/aromatic N) is 1. The van der Waals surface area contributed by atoms with Crippen LogP contribution in [0.1, 0.15) is 51.4 Å². The van der Waals surface area contributed by atoms with Gasteiger partial charge in [0.2, 0.25) is 0 Å². The molecule has 0 amide bonds. The van der Waals surface area contributed by atoms with Gasteiger partial charge in [-0.3, -0.25) is 9.79 Å². The van der Waals surface area contributed by atoms with Gasteiger partial charge in [0.25, 0.3) is 0 Å². The fourth-order valence-corrected chi connectivity index (χ4v) is 3.00. The second-order valence-electron chi connectivity index (χ2n) is 6.20. The average Bonchev–Trinajstić information content (AvgIpc) is 3.15. The van der Waals surface area contributed by atoms with Crippen LogP contribution in [0, 0.1) is 5.92 Å². The molecule has 1 aromatic rings. The molecule has 0 saturated heterocycles. The van der Waals surface area contributed by atoms with Crippen molar-refractivity contribution >= 4 is 11.9 Å². The number of hydrogen-bond acceptors (Lipinski definition) is 5. The van der Waals surface area contributed by atoms with Gasteiger partial charge in [-0.25, -0.2) is 0 Å². The van der Waals surface area contributed by atoms with E-state index in [2.05, 4.69) is 15.6 Å². The first-order valence-electron chi connectivity index (χ1n) is 9.07. The molecule has 0 spiro atoms. The Balaban J connectivity index is 1.83. The number of esters is 1. The fourth-order valence-electron chi connectivity index (χ4n) is 3.00. The predicted octanol–water partition coefficient (Wildman–Crippen LogP) is 1.99. The minimum absolute atomic E-state index is 0.0123. The van der Waals surface area contributed by atoms with Crippen LogP contribution in [0.15, 0.2) is 27.8 Å². The van der Waals surface area contributed by atoms with E-state index in [1.165, 1.54) is 6.26 Å². The minimum atomic E-state index is -0.759. The zero-order chi connectivity index (χ0) is 18.1. The van der Waals surface area contributed by atoms with Crippen molar-refractivity contribution in [2.75, 3.05) is 19.7 Å². The first kappa shape index (κ1) is 19.3. The lowest BCUT2D eigenvalue weighted by Crippen LogP contribution is -2.45. The zero-order valence-electron chi connectivity index (χ0n) is 15.0. The number of rotatable bonds is 7. The molecule has 1 aliphatic rings. The van der Waals surface area contributed by atoms with Crippen LogP contribution in [0.3, 0.4) is 0 Å². The van der Waals surface area contributed by atoms with Gasteiger partial charge in [0.05, 0.1) is 25.3 Å². The third kappa shape index (κ3) is 6.08. The molecule has 3 N–H and O–H groups in total. The molecule has 0 radical (unpaired) electrons. The quantitative estimate of drug-likeness (QED) is 0.395. The molecule has 2 rings (SSSR count). The number of guanidine groups is 1. The number of nitrogens with one attached hydrogen (secondary N) is 2. The molecule has 0 aromatic carbocycles. The lowest BCUT2D eigenvalue weighted by atomic mass is 9.86. The van der Waals surface area contributed by atoms with Gasteiger partial charge in [0, 0.05) is 12.6 Å². The number of aliphatic imine (C=N–C) groups is 1. The largest absolute Gasteiger partial charge is 0.467 e. The summed E-state index contributed by atoms with van der Waals surface area (Å²) >= 11 is 0. The minimum Gasteiger partial charge on any atom is -0.467 e. The van der Waals surface area contributed by atoms with Gasteiger partial charge in [0.15, 0.2) is 5.96 Å². The molecule has 25 heavy (non-hydrogen) atoms. The molecule has 1 heterocycles. The molecule has 1 aliphatic carbocycles. The molecule has 0 aliphatic heterocycles. The number of hydrogen-bond donors (Lipinski definition) is 3. The molecule has 0 bridgehead atoms. The van der Waals surface area contributed by atoms with Crippen molar-refractivity contribution in [2.45, 2.75) is 51.7 Å². The highest BCUT2D eigenvalue weighted by molar-refractivity contribution is 5.80. The number of carbonyl (C=O) groups excluding carboxylic acids is 1. The third-order valence-corrected chi connectivity index (χ3v) is 4.33. The van der Waals surface area contributed by atoms with Gasteiger partial charge in [-0.1, -0.05) is 0 Å². The molecular formula is C18H29N3O4. The van der Waals surface area contributed by atoms with Crippen LogP contribution in [-0.2, 0) is 9.53 Å². The van der Waals surface area contributed by atoms with E-state index in [4.69, 9.17) is 9.15 Å². The Hall–Kier alpha value is -2.02. The molecule has 1 saturated carbocycles. The molecule has 1 fully saturated rings. The maximum absolute atomic E-state index is 11.8. The van der Waals surface area contributed by atoms with Gasteiger partial charge in [-0.15, -0.1) is 0 Å². The van der Waals surface area contributed by atoms with E-state index in [0.29, 0.717) is 18.3 Å². The van der Waals surface area contributed by atoms with Crippen molar-refractivity contribution in [1.82, 2.24) is 10.6 Å². The van der Waals surface area contributed by atoms with Gasteiger partial charge in [-0.2, -0.15) is 0 Å². The lowest BCUT2D eigenvalue weighted by Gasteiger charge is -2.29. The Morgan fingerprint density at radius 2 is 2.16 bits per heavy atom. The predicted molar refractivity (Wildman–Crippen MR) is 95.2 cm³/mol. The van der Waals surface area contributed by atoms with Crippen LogP contribution in [0.2, 0.25) is 0 Å². The van der Waals surface area contributed by atoms with E-state index >= 15 is 0 Å². The van der Waals surface area contributed by atoms with E-state index < -0.39 is 6.10 Å². The second kappa shape index (κ2) is 10.1. The average molecular weight is 351 g/mol. The van der Waals surface area contributed by atoms with Crippen LogP contribution in [0.5, 0.6) is 0 Å². The Bertz CT molecular complexity index is 537. The standard InChI is InChI=1S/C18H29N3O4/c1-3-19-18(20-12-15(22)16-6-5-11-25-16)21-14-9-7-13(8-10-14)17(23)24-4-2/h5-6,11,13-15,22H,3-4,7-10,12H2,1-2H3,(H2,19,20,21). The summed E-state index contributed by atoms with van der Waals surface area (Å²) in [7, 11) is 0. The van der Waals surface area contributed by atoms with E-state index in [-0.39, 0.29) is 24.5 Å². The highest BCUT2D eigenvalue weighted by Crippen LogP contribution is 2.25. The molecule has 140 valence electrons. The van der Waals surface area contributed by atoms with Gasteiger partial charge < -0.3 is 24.9 Å². The number of carbonyl (C=O) groups is 1. The normalized spacial score (nSPS) is 22.3. The monoisotopic (exact) mass is 351 g/mol. The van der Waals surface area contributed by atoms with Crippen molar-refractivity contribution < 1.29 is 19.1 Å². The smallest absolute Gasteiger partial charge is 0.308 e. The van der Waals surface area contributed by atoms with Crippen molar-refractivity contribution in [3.05, 3.63) is 24.2 Å². The summed E-state index contributed by atoms with van der Waals surface area (Å²) in [5.41, 5.74) is 0. The molecule has 1 aromatic heterocycles. The van der Waals surface area contributed by atoms with Crippen LogP contribution >= 0.6 is 0 Å². The molecule has 1 atom stereocenters. The SMILES string of the molecule is CCNC(=NCC(O)c1ccco1)NC1CCC(C(=O)OCC)CC1. The maximum atomic E-state index is 11.8. The van der Waals surface area contributed by atoms with Gasteiger partial charge in [0.1, 0.15) is 11.9 Å².